The van der Waals surface area contributed by atoms with E-state index in [1.165, 1.54) is 5.56 Å². The Hall–Kier alpha value is -1.39. The zero-order valence-electron chi connectivity index (χ0n) is 12.1. The Kier molecular flexibility index (Phi) is 10.8. The molecule has 1 aliphatic heterocycles. The molecule has 1 unspecified atom stereocenters. The molecule has 1 amide bonds. The van der Waals surface area contributed by atoms with Crippen molar-refractivity contribution in [1.29, 1.82) is 0 Å². The first-order valence-corrected chi connectivity index (χ1v) is 6.71. The number of nitrogens with one attached hydrogen (secondary N) is 2. The Balaban J connectivity index is 0.000000303. The van der Waals surface area contributed by atoms with Crippen LogP contribution in [0.1, 0.15) is 25.3 Å². The maximum atomic E-state index is 10.8. The summed E-state index contributed by atoms with van der Waals surface area (Å²) in [6, 6.07) is 10.5. The summed E-state index contributed by atoms with van der Waals surface area (Å²) >= 11 is 0. The SMILES string of the molecule is CCc1ccccc1.CNC(=O)C1CCCN1.CO. The number of aryl methyl sites for hydroxylation is 1. The molecule has 3 N–H and O–H groups in total. The summed E-state index contributed by atoms with van der Waals surface area (Å²) in [7, 11) is 2.67. The highest BCUT2D eigenvalue weighted by Gasteiger charge is 2.19. The number of hydrogen-bond acceptors (Lipinski definition) is 3. The number of benzene rings is 1. The summed E-state index contributed by atoms with van der Waals surface area (Å²) < 4.78 is 0. The first-order chi connectivity index (χ1) is 9.27. The Bertz CT molecular complexity index is 322. The second-order valence-electron chi connectivity index (χ2n) is 4.10. The fourth-order valence-electron chi connectivity index (χ4n) is 1.80. The molecule has 1 atom stereocenters. The van der Waals surface area contributed by atoms with Gasteiger partial charge >= 0.3 is 0 Å². The number of aliphatic hydroxyl groups excluding tert-OH is 1. The van der Waals surface area contributed by atoms with Crippen LogP contribution in [-0.2, 0) is 11.2 Å². The molecule has 1 fully saturated rings. The number of carbonyl (C=O) groups is 1. The first kappa shape index (κ1) is 17.6. The molecule has 0 spiro atoms. The van der Waals surface area contributed by atoms with Crippen molar-refractivity contribution in [3.63, 3.8) is 0 Å². The van der Waals surface area contributed by atoms with Crippen LogP contribution in [0.2, 0.25) is 0 Å². The number of rotatable bonds is 2. The molecule has 0 aliphatic carbocycles. The van der Waals surface area contributed by atoms with Gasteiger partial charge in [-0.15, -0.1) is 0 Å². The number of carbonyl (C=O) groups excluding carboxylic acids is 1. The minimum Gasteiger partial charge on any atom is -0.400 e. The standard InChI is InChI=1S/C8H10.C6H12N2O.CH4O/c1-2-8-6-4-3-5-7-8;1-7-6(9)5-3-2-4-8-5;1-2/h3-7H,2H2,1H3;5,8H,2-4H2,1H3,(H,7,9);2H,1H3. The van der Waals surface area contributed by atoms with Crippen LogP contribution in [0.4, 0.5) is 0 Å². The van der Waals surface area contributed by atoms with E-state index < -0.39 is 0 Å². The van der Waals surface area contributed by atoms with Gasteiger partial charge in [0, 0.05) is 14.2 Å². The van der Waals surface area contributed by atoms with Crippen LogP contribution in [0.5, 0.6) is 0 Å². The van der Waals surface area contributed by atoms with Crippen molar-refractivity contribution in [3.8, 4) is 0 Å². The molecule has 0 bridgehead atoms. The van der Waals surface area contributed by atoms with Gasteiger partial charge in [-0.1, -0.05) is 37.3 Å². The molecule has 0 saturated carbocycles. The van der Waals surface area contributed by atoms with E-state index >= 15 is 0 Å². The number of likely N-dealkylation sites (N-methyl/N-ethyl adjacent to an activating group) is 1. The van der Waals surface area contributed by atoms with E-state index in [0.29, 0.717) is 0 Å². The lowest BCUT2D eigenvalue weighted by atomic mass is 10.2. The summed E-state index contributed by atoms with van der Waals surface area (Å²) in [5, 5.41) is 12.7. The second kappa shape index (κ2) is 11.7. The lowest BCUT2D eigenvalue weighted by Crippen LogP contribution is -2.38. The molecule has 1 aromatic rings. The van der Waals surface area contributed by atoms with Gasteiger partial charge in [0.2, 0.25) is 5.91 Å². The van der Waals surface area contributed by atoms with Crippen molar-refractivity contribution in [2.24, 2.45) is 0 Å². The molecule has 1 heterocycles. The summed E-state index contributed by atoms with van der Waals surface area (Å²) in [6.07, 6.45) is 3.25. The van der Waals surface area contributed by atoms with Gasteiger partial charge in [0.15, 0.2) is 0 Å². The monoisotopic (exact) mass is 266 g/mol. The quantitative estimate of drug-likeness (QED) is 0.757. The van der Waals surface area contributed by atoms with E-state index in [1.807, 2.05) is 6.07 Å². The molecule has 0 aromatic heterocycles. The van der Waals surface area contributed by atoms with Crippen LogP contribution in [0.15, 0.2) is 30.3 Å². The molecular formula is C15H26N2O2. The highest BCUT2D eigenvalue weighted by Crippen LogP contribution is 2.03. The summed E-state index contributed by atoms with van der Waals surface area (Å²) in [4.78, 5) is 10.8. The molecule has 2 rings (SSSR count). The van der Waals surface area contributed by atoms with Crippen LogP contribution in [0.25, 0.3) is 0 Å². The molecule has 4 nitrogen and oxygen atoms in total. The highest BCUT2D eigenvalue weighted by atomic mass is 16.2. The zero-order chi connectivity index (χ0) is 14.5. The second-order valence-corrected chi connectivity index (χ2v) is 4.10. The lowest BCUT2D eigenvalue weighted by molar-refractivity contribution is -0.122. The predicted octanol–water partition coefficient (Wildman–Crippen LogP) is 1.34. The lowest BCUT2D eigenvalue weighted by Gasteiger charge is -2.05. The predicted molar refractivity (Wildman–Crippen MR) is 79.1 cm³/mol. The molecule has 19 heavy (non-hydrogen) atoms. The Morgan fingerprint density at radius 3 is 2.37 bits per heavy atom. The minimum atomic E-state index is 0.0787. The van der Waals surface area contributed by atoms with Crippen LogP contribution in [0, 0.1) is 0 Å². The average molecular weight is 266 g/mol. The third kappa shape index (κ3) is 7.59. The smallest absolute Gasteiger partial charge is 0.236 e. The topological polar surface area (TPSA) is 61.4 Å². The van der Waals surface area contributed by atoms with Gasteiger partial charge in [0.1, 0.15) is 0 Å². The van der Waals surface area contributed by atoms with E-state index in [-0.39, 0.29) is 11.9 Å². The minimum absolute atomic E-state index is 0.0787. The van der Waals surface area contributed by atoms with Gasteiger partial charge in [-0.25, -0.2) is 0 Å². The molecule has 1 aliphatic rings. The van der Waals surface area contributed by atoms with Gasteiger partial charge < -0.3 is 15.7 Å². The van der Waals surface area contributed by atoms with Gasteiger partial charge in [0.25, 0.3) is 0 Å². The largest absolute Gasteiger partial charge is 0.400 e. The Morgan fingerprint density at radius 1 is 1.37 bits per heavy atom. The molecule has 1 aromatic carbocycles. The van der Waals surface area contributed by atoms with E-state index in [4.69, 9.17) is 5.11 Å². The Morgan fingerprint density at radius 2 is 2.00 bits per heavy atom. The first-order valence-electron chi connectivity index (χ1n) is 6.71. The summed E-state index contributed by atoms with van der Waals surface area (Å²) in [6.45, 7) is 3.15. The van der Waals surface area contributed by atoms with Gasteiger partial charge in [-0.3, -0.25) is 4.79 Å². The molecule has 108 valence electrons. The fraction of sp³-hybridized carbons (Fsp3) is 0.533. The van der Waals surface area contributed by atoms with Crippen molar-refractivity contribution < 1.29 is 9.90 Å². The van der Waals surface area contributed by atoms with E-state index in [9.17, 15) is 4.79 Å². The van der Waals surface area contributed by atoms with Crippen LogP contribution in [0.3, 0.4) is 0 Å². The van der Waals surface area contributed by atoms with Crippen LogP contribution >= 0.6 is 0 Å². The third-order valence-corrected chi connectivity index (χ3v) is 2.87. The molecular weight excluding hydrogens is 240 g/mol. The van der Waals surface area contributed by atoms with E-state index in [1.54, 1.807) is 7.05 Å². The molecule has 4 heteroatoms. The van der Waals surface area contributed by atoms with Crippen molar-refractivity contribution in [2.45, 2.75) is 32.2 Å². The average Bonchev–Trinajstić information content (AvgIpc) is 3.04. The molecule has 0 radical (unpaired) electrons. The van der Waals surface area contributed by atoms with Gasteiger partial charge in [-0.2, -0.15) is 0 Å². The normalized spacial score (nSPS) is 16.5. The maximum absolute atomic E-state index is 10.8. The number of aliphatic hydroxyl groups is 1. The summed E-state index contributed by atoms with van der Waals surface area (Å²) in [5.74, 6) is 0.118. The third-order valence-electron chi connectivity index (χ3n) is 2.87. The Labute approximate surface area is 116 Å². The maximum Gasteiger partial charge on any atom is 0.236 e. The van der Waals surface area contributed by atoms with Crippen LogP contribution < -0.4 is 10.6 Å². The van der Waals surface area contributed by atoms with Crippen molar-refractivity contribution in [3.05, 3.63) is 35.9 Å². The van der Waals surface area contributed by atoms with Crippen molar-refractivity contribution in [2.75, 3.05) is 20.7 Å². The molecule has 1 saturated heterocycles. The van der Waals surface area contributed by atoms with Gasteiger partial charge in [0.05, 0.1) is 6.04 Å². The summed E-state index contributed by atoms with van der Waals surface area (Å²) in [5.41, 5.74) is 1.41. The zero-order valence-corrected chi connectivity index (χ0v) is 12.1. The van der Waals surface area contributed by atoms with Crippen LogP contribution in [-0.4, -0.2) is 37.8 Å². The number of hydrogen-bond donors (Lipinski definition) is 3. The highest BCUT2D eigenvalue weighted by molar-refractivity contribution is 5.81. The van der Waals surface area contributed by atoms with E-state index in [0.717, 1.165) is 32.9 Å². The van der Waals surface area contributed by atoms with Crippen molar-refractivity contribution >= 4 is 5.91 Å². The van der Waals surface area contributed by atoms with Gasteiger partial charge in [-0.05, 0) is 31.4 Å². The number of amides is 1. The van der Waals surface area contributed by atoms with E-state index in [2.05, 4.69) is 41.8 Å². The fourth-order valence-corrected chi connectivity index (χ4v) is 1.80. The van der Waals surface area contributed by atoms with Crippen molar-refractivity contribution in [1.82, 2.24) is 10.6 Å².